The molecule has 0 aliphatic heterocycles. The highest BCUT2D eigenvalue weighted by Crippen LogP contribution is 2.30. The van der Waals surface area contributed by atoms with Gasteiger partial charge < -0.3 is 0 Å². The van der Waals surface area contributed by atoms with Gasteiger partial charge >= 0.3 is 6.18 Å². The van der Waals surface area contributed by atoms with Gasteiger partial charge in [0.1, 0.15) is 0 Å². The molecule has 6 nitrogen and oxygen atoms in total. The monoisotopic (exact) mass is 529 g/mol. The van der Waals surface area contributed by atoms with Crippen LogP contribution < -0.4 is 5.43 Å². The van der Waals surface area contributed by atoms with Crippen molar-refractivity contribution in [1.82, 2.24) is 20.2 Å². The number of hydrogen-bond acceptors (Lipinski definition) is 5. The van der Waals surface area contributed by atoms with Gasteiger partial charge in [0.05, 0.1) is 17.5 Å². The molecule has 36 heavy (non-hydrogen) atoms. The van der Waals surface area contributed by atoms with Gasteiger partial charge in [-0.25, -0.2) is 5.43 Å². The van der Waals surface area contributed by atoms with E-state index in [4.69, 9.17) is 11.6 Å². The minimum atomic E-state index is -4.41. The lowest BCUT2D eigenvalue weighted by molar-refractivity contribution is -0.137. The number of rotatable bonds is 7. The number of nitrogens with one attached hydrogen (secondary N) is 1. The number of aromatic nitrogens is 3. The maximum atomic E-state index is 12.7. The first-order valence-corrected chi connectivity index (χ1v) is 12.0. The Labute approximate surface area is 214 Å². The second-order valence-corrected chi connectivity index (χ2v) is 9.06. The number of aryl methyl sites for hydroxylation is 1. The van der Waals surface area contributed by atoms with Crippen molar-refractivity contribution in [2.75, 3.05) is 5.75 Å². The van der Waals surface area contributed by atoms with Crippen LogP contribution in [0.3, 0.4) is 0 Å². The lowest BCUT2D eigenvalue weighted by atomic mass is 10.1. The van der Waals surface area contributed by atoms with E-state index in [-0.39, 0.29) is 5.75 Å². The van der Waals surface area contributed by atoms with Crippen LogP contribution >= 0.6 is 23.4 Å². The van der Waals surface area contributed by atoms with Crippen molar-refractivity contribution in [1.29, 1.82) is 0 Å². The Hall–Kier alpha value is -3.63. The van der Waals surface area contributed by atoms with E-state index in [2.05, 4.69) is 20.7 Å². The van der Waals surface area contributed by atoms with Crippen LogP contribution in [0, 0.1) is 6.92 Å². The average Bonchev–Trinajstić information content (AvgIpc) is 3.27. The van der Waals surface area contributed by atoms with Crippen molar-refractivity contribution >= 4 is 35.5 Å². The summed E-state index contributed by atoms with van der Waals surface area (Å²) in [4.78, 5) is 12.3. The molecule has 0 unspecified atom stereocenters. The highest BCUT2D eigenvalue weighted by molar-refractivity contribution is 7.99. The van der Waals surface area contributed by atoms with Crippen molar-refractivity contribution in [3.05, 3.63) is 94.5 Å². The predicted octanol–water partition coefficient (Wildman–Crippen LogP) is 6.16. The molecule has 1 aromatic heterocycles. The predicted molar refractivity (Wildman–Crippen MR) is 134 cm³/mol. The second-order valence-electron chi connectivity index (χ2n) is 7.69. The minimum Gasteiger partial charge on any atom is -0.272 e. The molecule has 0 atom stereocenters. The molecule has 1 N–H and O–H groups in total. The van der Waals surface area contributed by atoms with Gasteiger partial charge in [0.25, 0.3) is 5.91 Å². The highest BCUT2D eigenvalue weighted by atomic mass is 35.5. The van der Waals surface area contributed by atoms with E-state index in [0.29, 0.717) is 21.6 Å². The van der Waals surface area contributed by atoms with Gasteiger partial charge in [-0.3, -0.25) is 9.36 Å². The zero-order valence-electron chi connectivity index (χ0n) is 18.8. The molecule has 4 rings (SSSR count). The van der Waals surface area contributed by atoms with Crippen LogP contribution in [0.15, 0.2) is 83.1 Å². The van der Waals surface area contributed by atoms with E-state index >= 15 is 0 Å². The van der Waals surface area contributed by atoms with Crippen molar-refractivity contribution in [2.45, 2.75) is 18.3 Å². The van der Waals surface area contributed by atoms with E-state index in [9.17, 15) is 18.0 Å². The Bertz CT molecular complexity index is 1370. The van der Waals surface area contributed by atoms with Gasteiger partial charge in [0.15, 0.2) is 11.0 Å². The summed E-state index contributed by atoms with van der Waals surface area (Å²) in [7, 11) is 0. The lowest BCUT2D eigenvalue weighted by Crippen LogP contribution is -2.20. The third-order valence-electron chi connectivity index (χ3n) is 5.00. The summed E-state index contributed by atoms with van der Waals surface area (Å²) >= 11 is 7.20. The molecule has 0 aliphatic carbocycles. The topological polar surface area (TPSA) is 72.2 Å². The molecule has 0 radical (unpaired) electrons. The number of carbonyl (C=O) groups excluding carboxylic acids is 1. The third kappa shape index (κ3) is 6.32. The molecule has 0 saturated carbocycles. The van der Waals surface area contributed by atoms with E-state index < -0.39 is 17.6 Å². The Kier molecular flexibility index (Phi) is 7.76. The van der Waals surface area contributed by atoms with E-state index in [1.807, 2.05) is 47.9 Å². The molecule has 3 aromatic carbocycles. The molecule has 0 saturated heterocycles. The number of hydrogen-bond donors (Lipinski definition) is 1. The number of thioether (sulfide) groups is 1. The number of amides is 1. The van der Waals surface area contributed by atoms with Crippen LogP contribution in [0.1, 0.15) is 16.7 Å². The van der Waals surface area contributed by atoms with Gasteiger partial charge in [-0.2, -0.15) is 18.3 Å². The van der Waals surface area contributed by atoms with Crippen molar-refractivity contribution in [3.8, 4) is 17.1 Å². The van der Waals surface area contributed by atoms with Crippen LogP contribution in [-0.4, -0.2) is 32.6 Å². The fraction of sp³-hybridized carbons (Fsp3) is 0.120. The molecule has 0 spiro atoms. The van der Waals surface area contributed by atoms with Crippen molar-refractivity contribution < 1.29 is 18.0 Å². The third-order valence-corrected chi connectivity index (χ3v) is 6.18. The molecule has 0 aliphatic rings. The molecular weight excluding hydrogens is 511 g/mol. The molecule has 184 valence electrons. The Morgan fingerprint density at radius 2 is 1.69 bits per heavy atom. The van der Waals surface area contributed by atoms with Crippen LogP contribution in [0.4, 0.5) is 13.2 Å². The van der Waals surface area contributed by atoms with Gasteiger partial charge in [-0.15, -0.1) is 10.2 Å². The normalized spacial score (nSPS) is 11.7. The molecule has 0 fully saturated rings. The summed E-state index contributed by atoms with van der Waals surface area (Å²) in [6.07, 6.45) is -3.14. The fourth-order valence-corrected chi connectivity index (χ4v) is 4.05. The zero-order valence-corrected chi connectivity index (χ0v) is 20.4. The Morgan fingerprint density at radius 1 is 1.03 bits per heavy atom. The van der Waals surface area contributed by atoms with Crippen molar-refractivity contribution in [3.63, 3.8) is 0 Å². The van der Waals surface area contributed by atoms with Gasteiger partial charge in [0.2, 0.25) is 0 Å². The number of nitrogens with zero attached hydrogens (tertiary/aromatic N) is 4. The number of hydrazone groups is 1. The second kappa shape index (κ2) is 11.0. The van der Waals surface area contributed by atoms with Gasteiger partial charge in [-0.1, -0.05) is 53.2 Å². The molecule has 1 amide bonds. The van der Waals surface area contributed by atoms with E-state index in [1.165, 1.54) is 30.1 Å². The van der Waals surface area contributed by atoms with Crippen molar-refractivity contribution in [2.24, 2.45) is 5.10 Å². The molecule has 11 heteroatoms. The summed E-state index contributed by atoms with van der Waals surface area (Å²) in [5.74, 6) is 0.183. The first-order valence-electron chi connectivity index (χ1n) is 10.6. The maximum Gasteiger partial charge on any atom is 0.416 e. The molecule has 0 bridgehead atoms. The number of carbonyl (C=O) groups is 1. The van der Waals surface area contributed by atoms with Gasteiger partial charge in [0, 0.05) is 16.3 Å². The van der Waals surface area contributed by atoms with Crippen LogP contribution in [0.25, 0.3) is 17.1 Å². The van der Waals surface area contributed by atoms with Crippen LogP contribution in [0.5, 0.6) is 0 Å². The molecule has 4 aromatic rings. The smallest absolute Gasteiger partial charge is 0.272 e. The van der Waals surface area contributed by atoms with E-state index in [0.717, 1.165) is 28.9 Å². The number of alkyl halides is 3. The quantitative estimate of drug-likeness (QED) is 0.177. The fourth-order valence-electron chi connectivity index (χ4n) is 3.18. The largest absolute Gasteiger partial charge is 0.416 e. The summed E-state index contributed by atoms with van der Waals surface area (Å²) in [5, 5.41) is 13.5. The van der Waals surface area contributed by atoms with Crippen LogP contribution in [0.2, 0.25) is 5.02 Å². The number of benzene rings is 3. The first-order chi connectivity index (χ1) is 17.2. The van der Waals surface area contributed by atoms with E-state index in [1.54, 1.807) is 12.1 Å². The summed E-state index contributed by atoms with van der Waals surface area (Å²) < 4.78 is 39.8. The van der Waals surface area contributed by atoms with Gasteiger partial charge in [-0.05, 0) is 61.0 Å². The SMILES string of the molecule is Cc1ccc(-n2c(SCC(=O)NN=Cc3ccc(C(F)(F)F)cc3)nnc2-c2ccc(Cl)cc2)cc1. The summed E-state index contributed by atoms with van der Waals surface area (Å²) in [6, 6.07) is 19.5. The first kappa shape index (κ1) is 25.5. The summed E-state index contributed by atoms with van der Waals surface area (Å²) in [6.45, 7) is 1.99. The molecular formula is C25H19ClF3N5OS. The molecule has 1 heterocycles. The average molecular weight is 530 g/mol. The highest BCUT2D eigenvalue weighted by Gasteiger charge is 2.29. The Balaban J connectivity index is 1.46. The minimum absolute atomic E-state index is 0.00500. The summed E-state index contributed by atoms with van der Waals surface area (Å²) in [5.41, 5.74) is 4.78. The maximum absolute atomic E-state index is 12.7. The standard InChI is InChI=1S/C25H19ClF3N5OS/c1-16-2-12-21(13-3-16)34-23(18-6-10-20(26)11-7-18)32-33-24(34)36-15-22(35)31-30-14-17-4-8-19(9-5-17)25(27,28)29/h2-14H,15H2,1H3,(H,31,35). The van der Waals surface area contributed by atoms with Crippen LogP contribution in [-0.2, 0) is 11.0 Å². The number of halogens is 4. The Morgan fingerprint density at radius 3 is 2.33 bits per heavy atom. The lowest BCUT2D eigenvalue weighted by Gasteiger charge is -2.10. The zero-order chi connectivity index (χ0) is 25.7.